The molecule has 0 saturated heterocycles. The Kier molecular flexibility index (Phi) is 4.21. The van der Waals surface area contributed by atoms with Crippen LogP contribution in [0.1, 0.15) is 25.7 Å². The fourth-order valence-corrected chi connectivity index (χ4v) is 5.42. The lowest BCUT2D eigenvalue weighted by atomic mass is 9.89. The van der Waals surface area contributed by atoms with E-state index in [0.717, 1.165) is 23.5 Å². The van der Waals surface area contributed by atoms with Gasteiger partial charge in [0.05, 0.1) is 5.75 Å². The average molecular weight is 276 g/mol. The van der Waals surface area contributed by atoms with E-state index in [4.69, 9.17) is 4.55 Å². The van der Waals surface area contributed by atoms with Crippen molar-refractivity contribution < 1.29 is 13.0 Å². The van der Waals surface area contributed by atoms with Gasteiger partial charge in [0.1, 0.15) is 0 Å². The van der Waals surface area contributed by atoms with E-state index >= 15 is 0 Å². The lowest BCUT2D eigenvalue weighted by Gasteiger charge is -2.25. The lowest BCUT2D eigenvalue weighted by Crippen LogP contribution is -2.19. The third-order valence-electron chi connectivity index (χ3n) is 4.03. The zero-order valence-corrected chi connectivity index (χ0v) is 11.5. The maximum atomic E-state index is 10.6. The van der Waals surface area contributed by atoms with Crippen LogP contribution in [0.2, 0.25) is 0 Å². The van der Waals surface area contributed by atoms with Crippen LogP contribution in [-0.2, 0) is 10.1 Å². The van der Waals surface area contributed by atoms with Crippen LogP contribution in [0, 0.1) is 17.8 Å². The molecule has 0 aromatic heterocycles. The average Bonchev–Trinajstić information content (AvgIpc) is 2.81. The van der Waals surface area contributed by atoms with Crippen LogP contribution in [0.25, 0.3) is 0 Å². The molecule has 2 aliphatic rings. The fraction of sp³-hybridized carbons (Fsp3) is 0.833. The number of rotatable bonds is 6. The van der Waals surface area contributed by atoms with Crippen molar-refractivity contribution in [2.45, 2.75) is 30.9 Å². The van der Waals surface area contributed by atoms with Crippen molar-refractivity contribution in [1.82, 2.24) is 0 Å². The molecule has 4 atom stereocenters. The van der Waals surface area contributed by atoms with E-state index in [1.807, 2.05) is 11.8 Å². The molecule has 0 aromatic carbocycles. The van der Waals surface area contributed by atoms with Crippen molar-refractivity contribution in [2.24, 2.45) is 17.8 Å². The highest BCUT2D eigenvalue weighted by Gasteiger charge is 2.44. The summed E-state index contributed by atoms with van der Waals surface area (Å²) in [5.41, 5.74) is 0. The van der Waals surface area contributed by atoms with E-state index < -0.39 is 10.1 Å². The van der Waals surface area contributed by atoms with Gasteiger partial charge in [-0.25, -0.2) is 0 Å². The van der Waals surface area contributed by atoms with Gasteiger partial charge in [0, 0.05) is 5.25 Å². The van der Waals surface area contributed by atoms with Crippen LogP contribution < -0.4 is 0 Å². The summed E-state index contributed by atoms with van der Waals surface area (Å²) in [6.07, 6.45) is 6.51. The van der Waals surface area contributed by atoms with Crippen molar-refractivity contribution in [3.8, 4) is 0 Å². The standard InChI is InChI=1S/C12H20O3S2/c1-2-9-6-11-7-10(9)8-12(11)16-4-3-5-17(13,14)15/h2,9-12H,1,3-8H2,(H,13,14,15). The van der Waals surface area contributed by atoms with Gasteiger partial charge in [-0.2, -0.15) is 20.2 Å². The predicted molar refractivity (Wildman–Crippen MR) is 71.8 cm³/mol. The van der Waals surface area contributed by atoms with Gasteiger partial charge in [-0.3, -0.25) is 4.55 Å². The molecule has 0 aromatic rings. The molecule has 0 radical (unpaired) electrons. The van der Waals surface area contributed by atoms with Crippen molar-refractivity contribution >= 4 is 21.9 Å². The van der Waals surface area contributed by atoms with Gasteiger partial charge in [-0.1, -0.05) is 6.08 Å². The first kappa shape index (κ1) is 13.4. The maximum Gasteiger partial charge on any atom is 0.264 e. The van der Waals surface area contributed by atoms with Gasteiger partial charge < -0.3 is 0 Å². The van der Waals surface area contributed by atoms with E-state index in [9.17, 15) is 8.42 Å². The van der Waals surface area contributed by atoms with Crippen molar-refractivity contribution in [2.75, 3.05) is 11.5 Å². The van der Waals surface area contributed by atoms with Gasteiger partial charge in [-0.15, -0.1) is 6.58 Å². The molecule has 2 fully saturated rings. The highest BCUT2D eigenvalue weighted by Crippen LogP contribution is 2.52. The summed E-state index contributed by atoms with van der Waals surface area (Å²) in [5.74, 6) is 3.08. The van der Waals surface area contributed by atoms with Gasteiger partial charge in [0.25, 0.3) is 10.1 Å². The number of thioether (sulfide) groups is 1. The molecule has 4 unspecified atom stereocenters. The maximum absolute atomic E-state index is 10.6. The summed E-state index contributed by atoms with van der Waals surface area (Å²) in [6.45, 7) is 3.89. The molecule has 2 bridgehead atoms. The Labute approximate surface area is 108 Å². The second kappa shape index (κ2) is 5.33. The summed E-state index contributed by atoms with van der Waals surface area (Å²) < 4.78 is 29.8. The van der Waals surface area contributed by atoms with Gasteiger partial charge >= 0.3 is 0 Å². The first-order valence-electron chi connectivity index (χ1n) is 6.19. The van der Waals surface area contributed by atoms with E-state index in [0.29, 0.717) is 11.7 Å². The minimum absolute atomic E-state index is 0.101. The Morgan fingerprint density at radius 1 is 1.29 bits per heavy atom. The quantitative estimate of drug-likeness (QED) is 0.460. The van der Waals surface area contributed by atoms with Crippen LogP contribution in [0.3, 0.4) is 0 Å². The fourth-order valence-electron chi connectivity index (χ4n) is 3.24. The Bertz CT molecular complexity index is 377. The zero-order chi connectivity index (χ0) is 12.5. The second-order valence-corrected chi connectivity index (χ2v) is 8.09. The summed E-state index contributed by atoms with van der Waals surface area (Å²) in [6, 6.07) is 0. The molecule has 17 heavy (non-hydrogen) atoms. The van der Waals surface area contributed by atoms with Crippen molar-refractivity contribution in [3.63, 3.8) is 0 Å². The summed E-state index contributed by atoms with van der Waals surface area (Å²) in [4.78, 5) is 0. The molecule has 1 N–H and O–H groups in total. The van der Waals surface area contributed by atoms with Gasteiger partial charge in [0.2, 0.25) is 0 Å². The number of hydrogen-bond acceptors (Lipinski definition) is 3. The van der Waals surface area contributed by atoms with E-state index in [1.54, 1.807) is 0 Å². The minimum Gasteiger partial charge on any atom is -0.286 e. The molecule has 2 aliphatic carbocycles. The van der Waals surface area contributed by atoms with Crippen LogP contribution >= 0.6 is 11.8 Å². The first-order chi connectivity index (χ1) is 7.99. The summed E-state index contributed by atoms with van der Waals surface area (Å²) in [5, 5.41) is 0.706. The third-order valence-corrected chi connectivity index (χ3v) is 6.36. The highest BCUT2D eigenvalue weighted by molar-refractivity contribution is 7.99. The van der Waals surface area contributed by atoms with Crippen LogP contribution in [0.5, 0.6) is 0 Å². The predicted octanol–water partition coefficient (Wildman–Crippen LogP) is 2.60. The lowest BCUT2D eigenvalue weighted by molar-refractivity contribution is 0.403. The number of allylic oxidation sites excluding steroid dienone is 1. The smallest absolute Gasteiger partial charge is 0.264 e. The molecule has 2 saturated carbocycles. The van der Waals surface area contributed by atoms with Gasteiger partial charge in [0.15, 0.2) is 0 Å². The molecule has 3 nitrogen and oxygen atoms in total. The zero-order valence-electron chi connectivity index (χ0n) is 9.92. The molecular weight excluding hydrogens is 256 g/mol. The molecule has 0 amide bonds. The monoisotopic (exact) mass is 276 g/mol. The van der Waals surface area contributed by atoms with E-state index in [-0.39, 0.29) is 5.75 Å². The van der Waals surface area contributed by atoms with Gasteiger partial charge in [-0.05, 0) is 49.2 Å². The Morgan fingerprint density at radius 3 is 2.59 bits per heavy atom. The Hall–Kier alpha value is -0.0000000000000000763. The topological polar surface area (TPSA) is 54.4 Å². The van der Waals surface area contributed by atoms with Crippen LogP contribution in [0.15, 0.2) is 12.7 Å². The van der Waals surface area contributed by atoms with Crippen LogP contribution in [0.4, 0.5) is 0 Å². The second-order valence-electron chi connectivity index (χ2n) is 5.18. The molecule has 2 rings (SSSR count). The van der Waals surface area contributed by atoms with Crippen molar-refractivity contribution in [3.05, 3.63) is 12.7 Å². The first-order valence-corrected chi connectivity index (χ1v) is 8.84. The van der Waals surface area contributed by atoms with Crippen LogP contribution in [-0.4, -0.2) is 29.7 Å². The highest BCUT2D eigenvalue weighted by atomic mass is 32.2. The molecule has 0 aliphatic heterocycles. The summed E-state index contributed by atoms with van der Waals surface area (Å²) in [7, 11) is -3.77. The summed E-state index contributed by atoms with van der Waals surface area (Å²) >= 11 is 1.89. The SMILES string of the molecule is C=CC1CC2CC1CC2SCCCS(=O)(=O)O. The van der Waals surface area contributed by atoms with E-state index in [1.165, 1.54) is 19.3 Å². The Morgan fingerprint density at radius 2 is 2.06 bits per heavy atom. The normalized spacial score (nSPS) is 36.3. The molecule has 0 spiro atoms. The number of fused-ring (bicyclic) bond motifs is 2. The molecule has 0 heterocycles. The Balaban J connectivity index is 1.68. The number of hydrogen-bond donors (Lipinski definition) is 1. The minimum atomic E-state index is -3.77. The largest absolute Gasteiger partial charge is 0.286 e. The van der Waals surface area contributed by atoms with E-state index in [2.05, 4.69) is 12.7 Å². The molecule has 5 heteroatoms. The third kappa shape index (κ3) is 3.48. The molecule has 98 valence electrons. The van der Waals surface area contributed by atoms with Crippen molar-refractivity contribution in [1.29, 1.82) is 0 Å². The molecular formula is C12H20O3S2.